The summed E-state index contributed by atoms with van der Waals surface area (Å²) < 4.78 is 25.1. The molecule has 1 amide bonds. The number of hydrogen-bond donors (Lipinski definition) is 3. The van der Waals surface area contributed by atoms with Gasteiger partial charge >= 0.3 is 0 Å². The number of carbonyl (C=O) groups is 1. The molecule has 0 radical (unpaired) electrons. The smallest absolute Gasteiger partial charge is 0.221 e. The van der Waals surface area contributed by atoms with Gasteiger partial charge in [-0.3, -0.25) is 4.79 Å². The molecule has 1 aliphatic carbocycles. The Morgan fingerprint density at radius 2 is 2.00 bits per heavy atom. The molecule has 0 saturated heterocycles. The fourth-order valence-corrected chi connectivity index (χ4v) is 3.14. The molecule has 0 heterocycles. The van der Waals surface area contributed by atoms with E-state index in [1.165, 1.54) is 6.26 Å². The molecule has 2 atom stereocenters. The maximum Gasteiger partial charge on any atom is 0.221 e. The lowest BCUT2D eigenvalue weighted by Gasteiger charge is -2.20. The molecule has 2 unspecified atom stereocenters. The second-order valence-corrected chi connectivity index (χ2v) is 6.63. The Hall–Kier alpha value is -0.370. The summed E-state index contributed by atoms with van der Waals surface area (Å²) in [6, 6.07) is -0.0374. The molecule has 0 aliphatic heterocycles. The minimum absolute atomic E-state index is 0. The van der Waals surface area contributed by atoms with Crippen LogP contribution < -0.4 is 15.4 Å². The molecule has 1 saturated carbocycles. The normalized spacial score (nSPS) is 22.8. The minimum Gasteiger partial charge on any atom is -0.356 e. The van der Waals surface area contributed by atoms with Crippen molar-refractivity contribution >= 4 is 28.3 Å². The van der Waals surface area contributed by atoms with Gasteiger partial charge < -0.3 is 10.6 Å². The molecule has 3 N–H and O–H groups in total. The highest BCUT2D eigenvalue weighted by molar-refractivity contribution is 7.88. The van der Waals surface area contributed by atoms with E-state index in [0.29, 0.717) is 19.5 Å². The number of hydrogen-bond acceptors (Lipinski definition) is 4. The van der Waals surface area contributed by atoms with Crippen LogP contribution in [-0.2, 0) is 14.8 Å². The molecule has 1 aliphatic rings. The molecule has 0 spiro atoms. The quantitative estimate of drug-likeness (QED) is 0.610. The van der Waals surface area contributed by atoms with E-state index in [9.17, 15) is 13.2 Å². The summed E-state index contributed by atoms with van der Waals surface area (Å²) >= 11 is 0. The zero-order valence-electron chi connectivity index (χ0n) is 11.4. The van der Waals surface area contributed by atoms with Gasteiger partial charge in [0.15, 0.2) is 0 Å². The van der Waals surface area contributed by atoms with Crippen molar-refractivity contribution in [2.75, 3.05) is 26.4 Å². The third kappa shape index (κ3) is 7.71. The number of carbonyl (C=O) groups excluding carboxylic acids is 1. The molecule has 8 heteroatoms. The van der Waals surface area contributed by atoms with Gasteiger partial charge in [0.1, 0.15) is 0 Å². The highest BCUT2D eigenvalue weighted by Gasteiger charge is 2.29. The van der Waals surface area contributed by atoms with E-state index in [4.69, 9.17) is 0 Å². The van der Waals surface area contributed by atoms with Gasteiger partial charge in [-0.15, -0.1) is 12.4 Å². The SMILES string of the molecule is CNCCC(=O)NCC1CCCC1NS(C)(=O)=O.Cl. The van der Waals surface area contributed by atoms with Crippen LogP contribution in [-0.4, -0.2) is 46.8 Å². The van der Waals surface area contributed by atoms with Crippen molar-refractivity contribution in [3.8, 4) is 0 Å². The molecule has 6 nitrogen and oxygen atoms in total. The average molecular weight is 314 g/mol. The lowest BCUT2D eigenvalue weighted by atomic mass is 10.0. The maximum atomic E-state index is 11.5. The van der Waals surface area contributed by atoms with Crippen molar-refractivity contribution in [1.29, 1.82) is 0 Å². The molecule has 1 fully saturated rings. The molecule has 0 aromatic rings. The number of halogens is 1. The van der Waals surface area contributed by atoms with Crippen molar-refractivity contribution in [2.24, 2.45) is 5.92 Å². The third-order valence-electron chi connectivity index (χ3n) is 3.19. The van der Waals surface area contributed by atoms with Crippen LogP contribution >= 0.6 is 12.4 Å². The summed E-state index contributed by atoms with van der Waals surface area (Å²) in [5, 5.41) is 5.78. The van der Waals surface area contributed by atoms with E-state index in [-0.39, 0.29) is 30.3 Å². The zero-order chi connectivity index (χ0) is 13.6. The van der Waals surface area contributed by atoms with Crippen LogP contribution in [0.5, 0.6) is 0 Å². The topological polar surface area (TPSA) is 87.3 Å². The number of rotatable bonds is 7. The first-order valence-corrected chi connectivity index (χ1v) is 8.20. The molecule has 1 rings (SSSR count). The molecular weight excluding hydrogens is 290 g/mol. The standard InChI is InChI=1S/C11H23N3O3S.ClH/c1-12-7-6-11(15)13-8-9-4-3-5-10(9)14-18(2,16)17;/h9-10,12,14H,3-8H2,1-2H3,(H,13,15);1H. The predicted molar refractivity (Wildman–Crippen MR) is 77.9 cm³/mol. The Balaban J connectivity index is 0.00000324. The van der Waals surface area contributed by atoms with Crippen LogP contribution in [0.25, 0.3) is 0 Å². The van der Waals surface area contributed by atoms with Crippen LogP contribution in [0.3, 0.4) is 0 Å². The van der Waals surface area contributed by atoms with Gasteiger partial charge in [0, 0.05) is 25.6 Å². The number of nitrogens with one attached hydrogen (secondary N) is 3. The lowest BCUT2D eigenvalue weighted by Crippen LogP contribution is -2.41. The molecular formula is C11H24ClN3O3S. The van der Waals surface area contributed by atoms with Crippen molar-refractivity contribution in [1.82, 2.24) is 15.4 Å². The Morgan fingerprint density at radius 1 is 1.32 bits per heavy atom. The number of amides is 1. The Morgan fingerprint density at radius 3 is 2.58 bits per heavy atom. The summed E-state index contributed by atoms with van der Waals surface area (Å²) in [5.41, 5.74) is 0. The molecule has 0 aromatic carbocycles. The van der Waals surface area contributed by atoms with Crippen molar-refractivity contribution in [2.45, 2.75) is 31.7 Å². The van der Waals surface area contributed by atoms with E-state index in [2.05, 4.69) is 15.4 Å². The van der Waals surface area contributed by atoms with Crippen LogP contribution in [0.4, 0.5) is 0 Å². The molecule has 114 valence electrons. The van der Waals surface area contributed by atoms with Crippen LogP contribution in [0.1, 0.15) is 25.7 Å². The average Bonchev–Trinajstić information content (AvgIpc) is 2.68. The van der Waals surface area contributed by atoms with E-state index < -0.39 is 10.0 Å². The number of sulfonamides is 1. The van der Waals surface area contributed by atoms with Crippen molar-refractivity contribution < 1.29 is 13.2 Å². The zero-order valence-corrected chi connectivity index (χ0v) is 13.1. The summed E-state index contributed by atoms with van der Waals surface area (Å²) in [6.07, 6.45) is 4.44. The summed E-state index contributed by atoms with van der Waals surface area (Å²) in [5.74, 6) is 0.215. The van der Waals surface area contributed by atoms with Gasteiger partial charge in [-0.05, 0) is 25.8 Å². The highest BCUT2D eigenvalue weighted by atomic mass is 35.5. The largest absolute Gasteiger partial charge is 0.356 e. The first kappa shape index (κ1) is 18.6. The third-order valence-corrected chi connectivity index (χ3v) is 3.92. The summed E-state index contributed by atoms with van der Waals surface area (Å²) in [7, 11) is -1.36. The van der Waals surface area contributed by atoms with E-state index in [1.807, 2.05) is 0 Å². The molecule has 19 heavy (non-hydrogen) atoms. The molecule has 0 bridgehead atoms. The Labute approximate surface area is 121 Å². The minimum atomic E-state index is -3.17. The first-order chi connectivity index (χ1) is 8.42. The fourth-order valence-electron chi connectivity index (χ4n) is 2.28. The van der Waals surface area contributed by atoms with Crippen LogP contribution in [0, 0.1) is 5.92 Å². The first-order valence-electron chi connectivity index (χ1n) is 6.31. The van der Waals surface area contributed by atoms with Crippen LogP contribution in [0.2, 0.25) is 0 Å². The van der Waals surface area contributed by atoms with Crippen molar-refractivity contribution in [3.63, 3.8) is 0 Å². The van der Waals surface area contributed by atoms with E-state index in [0.717, 1.165) is 19.3 Å². The molecule has 0 aromatic heterocycles. The highest BCUT2D eigenvalue weighted by Crippen LogP contribution is 2.25. The van der Waals surface area contributed by atoms with Gasteiger partial charge in [-0.25, -0.2) is 13.1 Å². The monoisotopic (exact) mass is 313 g/mol. The van der Waals surface area contributed by atoms with Crippen LogP contribution in [0.15, 0.2) is 0 Å². The fraction of sp³-hybridized carbons (Fsp3) is 0.909. The summed E-state index contributed by atoms with van der Waals surface area (Å²) in [6.45, 7) is 1.21. The Bertz CT molecular complexity index is 375. The van der Waals surface area contributed by atoms with Crippen molar-refractivity contribution in [3.05, 3.63) is 0 Å². The van der Waals surface area contributed by atoms with E-state index >= 15 is 0 Å². The van der Waals surface area contributed by atoms with Gasteiger partial charge in [0.05, 0.1) is 6.26 Å². The second-order valence-electron chi connectivity index (χ2n) is 4.85. The maximum absolute atomic E-state index is 11.5. The summed E-state index contributed by atoms with van der Waals surface area (Å²) in [4.78, 5) is 11.5. The lowest BCUT2D eigenvalue weighted by molar-refractivity contribution is -0.121. The van der Waals surface area contributed by atoms with Gasteiger partial charge in [0.2, 0.25) is 15.9 Å². The van der Waals surface area contributed by atoms with Gasteiger partial charge in [-0.2, -0.15) is 0 Å². The van der Waals surface area contributed by atoms with Gasteiger partial charge in [0.25, 0.3) is 0 Å². The van der Waals surface area contributed by atoms with E-state index in [1.54, 1.807) is 7.05 Å². The van der Waals surface area contributed by atoms with Gasteiger partial charge in [-0.1, -0.05) is 6.42 Å². The predicted octanol–water partition coefficient (Wildman–Crippen LogP) is -0.148. The second kappa shape index (κ2) is 8.73. The Kier molecular flexibility index (Phi) is 8.56.